The molecule has 0 heterocycles. The van der Waals surface area contributed by atoms with E-state index in [1.54, 1.807) is 0 Å². The molecule has 2 rings (SSSR count). The summed E-state index contributed by atoms with van der Waals surface area (Å²) < 4.78 is 42.8. The van der Waals surface area contributed by atoms with E-state index in [1.807, 2.05) is 0 Å². The van der Waals surface area contributed by atoms with Crippen molar-refractivity contribution in [3.63, 3.8) is 0 Å². The van der Waals surface area contributed by atoms with Crippen molar-refractivity contribution in [1.82, 2.24) is 0 Å². The first-order valence-corrected chi connectivity index (χ1v) is 8.48. The molecule has 1 fully saturated rings. The van der Waals surface area contributed by atoms with Crippen LogP contribution in [0.3, 0.4) is 0 Å². The summed E-state index contributed by atoms with van der Waals surface area (Å²) in [5, 5.41) is 13.1. The second kappa shape index (κ2) is 8.83. The van der Waals surface area contributed by atoms with Gasteiger partial charge in [0.15, 0.2) is 6.61 Å². The van der Waals surface area contributed by atoms with Gasteiger partial charge < -0.3 is 10.1 Å². The monoisotopic (exact) mass is 388 g/mol. The van der Waals surface area contributed by atoms with Crippen LogP contribution in [0.15, 0.2) is 18.2 Å². The van der Waals surface area contributed by atoms with Crippen LogP contribution in [-0.2, 0) is 20.5 Å². The first-order chi connectivity index (χ1) is 12.7. The van der Waals surface area contributed by atoms with Crippen molar-refractivity contribution in [2.45, 2.75) is 44.7 Å². The van der Waals surface area contributed by atoms with E-state index in [0.717, 1.165) is 31.7 Å². The molecule has 7 nitrogen and oxygen atoms in total. The Kier molecular flexibility index (Phi) is 6.75. The van der Waals surface area contributed by atoms with Crippen LogP contribution in [0.2, 0.25) is 0 Å². The molecule has 1 aromatic rings. The van der Waals surface area contributed by atoms with Crippen LogP contribution in [0.1, 0.15) is 44.1 Å². The van der Waals surface area contributed by atoms with Crippen LogP contribution < -0.4 is 5.32 Å². The molecule has 0 radical (unpaired) electrons. The molecule has 148 valence electrons. The van der Waals surface area contributed by atoms with Gasteiger partial charge in [0.25, 0.3) is 11.6 Å². The Bertz CT molecular complexity index is 715. The van der Waals surface area contributed by atoms with Gasteiger partial charge in [0.1, 0.15) is 5.69 Å². The van der Waals surface area contributed by atoms with Crippen molar-refractivity contribution in [2.75, 3.05) is 11.9 Å². The SMILES string of the molecule is O=C(COC(=O)CCC1CCCC1)Nc1ccc(C(F)(F)F)cc1[N+](=O)[O-]. The van der Waals surface area contributed by atoms with Crippen molar-refractivity contribution in [1.29, 1.82) is 0 Å². The van der Waals surface area contributed by atoms with Gasteiger partial charge >= 0.3 is 12.1 Å². The predicted octanol–water partition coefficient (Wildman–Crippen LogP) is 4.07. The Morgan fingerprint density at radius 2 is 1.93 bits per heavy atom. The van der Waals surface area contributed by atoms with E-state index in [1.165, 1.54) is 0 Å². The minimum atomic E-state index is -4.75. The fourth-order valence-electron chi connectivity index (χ4n) is 2.99. The van der Waals surface area contributed by atoms with Gasteiger partial charge in [0.05, 0.1) is 10.5 Å². The molecule has 1 aliphatic carbocycles. The van der Waals surface area contributed by atoms with E-state index >= 15 is 0 Å². The molecule has 0 bridgehead atoms. The summed E-state index contributed by atoms with van der Waals surface area (Å²) in [6.45, 7) is -0.665. The number of rotatable bonds is 7. The lowest BCUT2D eigenvalue weighted by molar-refractivity contribution is -0.384. The predicted molar refractivity (Wildman–Crippen MR) is 88.9 cm³/mol. The quantitative estimate of drug-likeness (QED) is 0.431. The molecule has 0 aliphatic heterocycles. The van der Waals surface area contributed by atoms with Crippen molar-refractivity contribution in [2.24, 2.45) is 5.92 Å². The summed E-state index contributed by atoms with van der Waals surface area (Å²) in [6.07, 6.45) is 0.560. The molecule has 0 atom stereocenters. The summed E-state index contributed by atoms with van der Waals surface area (Å²) in [5.74, 6) is -0.938. The van der Waals surface area contributed by atoms with Gasteiger partial charge in [-0.25, -0.2) is 0 Å². The fraction of sp³-hybridized carbons (Fsp3) is 0.529. The molecule has 1 aromatic carbocycles. The number of ether oxygens (including phenoxy) is 1. The highest BCUT2D eigenvalue weighted by molar-refractivity contribution is 5.94. The normalized spacial score (nSPS) is 14.8. The number of hydrogen-bond donors (Lipinski definition) is 1. The standard InChI is InChI=1S/C17H19F3N2O5/c18-17(19,20)12-6-7-13(14(9-12)22(25)26)21-15(23)10-27-16(24)8-5-11-3-1-2-4-11/h6-7,9,11H,1-5,8,10H2,(H,21,23). The first-order valence-electron chi connectivity index (χ1n) is 8.48. The maximum Gasteiger partial charge on any atom is 0.416 e. The number of esters is 1. The average molecular weight is 388 g/mol. The number of hydrogen-bond acceptors (Lipinski definition) is 5. The van der Waals surface area contributed by atoms with E-state index in [4.69, 9.17) is 4.74 Å². The van der Waals surface area contributed by atoms with Gasteiger partial charge in [0, 0.05) is 12.5 Å². The molecule has 1 aliphatic rings. The zero-order chi connectivity index (χ0) is 20.0. The van der Waals surface area contributed by atoms with Crippen molar-refractivity contribution >= 4 is 23.3 Å². The van der Waals surface area contributed by atoms with Crippen molar-refractivity contribution in [3.8, 4) is 0 Å². The molecular weight excluding hydrogens is 369 g/mol. The van der Waals surface area contributed by atoms with Gasteiger partial charge in [-0.1, -0.05) is 25.7 Å². The highest BCUT2D eigenvalue weighted by Crippen LogP contribution is 2.35. The highest BCUT2D eigenvalue weighted by Gasteiger charge is 2.33. The van der Waals surface area contributed by atoms with Gasteiger partial charge in [0.2, 0.25) is 0 Å². The van der Waals surface area contributed by atoms with E-state index in [0.29, 0.717) is 24.5 Å². The highest BCUT2D eigenvalue weighted by atomic mass is 19.4. The van der Waals surface area contributed by atoms with Crippen LogP contribution in [-0.4, -0.2) is 23.4 Å². The second-order valence-corrected chi connectivity index (χ2v) is 6.38. The number of carbonyl (C=O) groups excluding carboxylic acids is 2. The van der Waals surface area contributed by atoms with Gasteiger partial charge in [-0.15, -0.1) is 0 Å². The Balaban J connectivity index is 1.88. The largest absolute Gasteiger partial charge is 0.456 e. The lowest BCUT2D eigenvalue weighted by Gasteiger charge is -2.11. The Labute approximate surface area is 153 Å². The lowest BCUT2D eigenvalue weighted by atomic mass is 10.0. The lowest BCUT2D eigenvalue weighted by Crippen LogP contribution is -2.21. The molecule has 1 amide bonds. The third-order valence-electron chi connectivity index (χ3n) is 4.39. The van der Waals surface area contributed by atoms with Crippen LogP contribution in [0.4, 0.5) is 24.5 Å². The first kappa shape index (κ1) is 20.7. The molecule has 0 aromatic heterocycles. The third-order valence-corrected chi connectivity index (χ3v) is 4.39. The molecule has 0 saturated heterocycles. The summed E-state index contributed by atoms with van der Waals surface area (Å²) in [6, 6.07) is 1.75. The maximum atomic E-state index is 12.7. The van der Waals surface area contributed by atoms with Gasteiger partial charge in [-0.2, -0.15) is 13.2 Å². The molecule has 1 saturated carbocycles. The Morgan fingerprint density at radius 1 is 1.26 bits per heavy atom. The van der Waals surface area contributed by atoms with E-state index < -0.39 is 46.5 Å². The number of alkyl halides is 3. The Morgan fingerprint density at radius 3 is 2.52 bits per heavy atom. The maximum absolute atomic E-state index is 12.7. The zero-order valence-electron chi connectivity index (χ0n) is 14.4. The fourth-order valence-corrected chi connectivity index (χ4v) is 2.99. The summed E-state index contributed by atoms with van der Waals surface area (Å²) >= 11 is 0. The van der Waals surface area contributed by atoms with E-state index in [9.17, 15) is 32.9 Å². The molecule has 1 N–H and O–H groups in total. The number of anilines is 1. The van der Waals surface area contributed by atoms with Crippen molar-refractivity contribution in [3.05, 3.63) is 33.9 Å². The third kappa shape index (κ3) is 6.22. The number of nitro benzene ring substituents is 1. The number of benzene rings is 1. The molecule has 10 heteroatoms. The zero-order valence-corrected chi connectivity index (χ0v) is 14.4. The number of nitro groups is 1. The minimum absolute atomic E-state index is 0.179. The number of nitrogens with one attached hydrogen (secondary N) is 1. The molecule has 0 spiro atoms. The number of halogens is 3. The summed E-state index contributed by atoms with van der Waals surface area (Å²) in [5.41, 5.74) is -2.50. The van der Waals surface area contributed by atoms with E-state index in [2.05, 4.69) is 5.32 Å². The van der Waals surface area contributed by atoms with Crippen LogP contribution in [0.5, 0.6) is 0 Å². The smallest absolute Gasteiger partial charge is 0.416 e. The molecule has 0 unspecified atom stereocenters. The number of nitrogens with zero attached hydrogens (tertiary/aromatic N) is 1. The molecular formula is C17H19F3N2O5. The number of amides is 1. The molecule has 27 heavy (non-hydrogen) atoms. The summed E-state index contributed by atoms with van der Waals surface area (Å²) in [7, 11) is 0. The van der Waals surface area contributed by atoms with Crippen LogP contribution >= 0.6 is 0 Å². The average Bonchev–Trinajstić information content (AvgIpc) is 3.10. The van der Waals surface area contributed by atoms with Crippen molar-refractivity contribution < 1.29 is 32.4 Å². The minimum Gasteiger partial charge on any atom is -0.456 e. The Hall–Kier alpha value is -2.65. The van der Waals surface area contributed by atoms with Gasteiger partial charge in [-0.3, -0.25) is 19.7 Å². The van der Waals surface area contributed by atoms with Crippen LogP contribution in [0.25, 0.3) is 0 Å². The topological polar surface area (TPSA) is 98.5 Å². The van der Waals surface area contributed by atoms with E-state index in [-0.39, 0.29) is 6.42 Å². The number of carbonyl (C=O) groups is 2. The second-order valence-electron chi connectivity index (χ2n) is 6.38. The van der Waals surface area contributed by atoms with Gasteiger partial charge in [-0.05, 0) is 24.5 Å². The van der Waals surface area contributed by atoms with Crippen LogP contribution in [0, 0.1) is 16.0 Å². The summed E-state index contributed by atoms with van der Waals surface area (Å²) in [4.78, 5) is 33.4.